The topological polar surface area (TPSA) is 146 Å². The van der Waals surface area contributed by atoms with Gasteiger partial charge >= 0.3 is 0 Å². The number of aromatic nitrogens is 1. The van der Waals surface area contributed by atoms with E-state index in [-0.39, 0.29) is 34.0 Å². The zero-order chi connectivity index (χ0) is 14.9. The summed E-state index contributed by atoms with van der Waals surface area (Å²) in [6.45, 7) is 2.28. The quantitative estimate of drug-likeness (QED) is 0.735. The van der Waals surface area contributed by atoms with Crippen LogP contribution >= 0.6 is 12.4 Å². The standard InChI is InChI=1S/C14H17N3O3S.ClH.2H2O/c18-13-3-2-11-10-16-6-4-12(11)14(13)21(19,20)17-8-1-5-15-7-9-17;;;/h2-4,6,10,15,18H,1,5,7-9H2;1H;2*1H2. The zero-order valence-corrected chi connectivity index (χ0v) is 14.5. The van der Waals surface area contributed by atoms with Crippen LogP contribution in [-0.2, 0) is 10.0 Å². The molecule has 1 saturated heterocycles. The molecule has 1 fully saturated rings. The first-order chi connectivity index (χ1) is 10.1. The molecule has 136 valence electrons. The molecular weight excluding hydrogens is 358 g/mol. The van der Waals surface area contributed by atoms with Crippen molar-refractivity contribution in [3.8, 4) is 5.75 Å². The molecular formula is C14H22ClN3O5S. The lowest BCUT2D eigenvalue weighted by molar-refractivity contribution is 0.421. The third kappa shape index (κ3) is 4.12. The minimum absolute atomic E-state index is 0. The van der Waals surface area contributed by atoms with Gasteiger partial charge in [0.2, 0.25) is 10.0 Å². The molecule has 0 radical (unpaired) electrons. The van der Waals surface area contributed by atoms with Crippen LogP contribution in [0.5, 0.6) is 5.75 Å². The lowest BCUT2D eigenvalue weighted by atomic mass is 10.2. The normalized spacial score (nSPS) is 15.5. The van der Waals surface area contributed by atoms with Crippen molar-refractivity contribution in [1.82, 2.24) is 14.6 Å². The molecule has 10 heteroatoms. The fourth-order valence-electron chi connectivity index (χ4n) is 2.59. The van der Waals surface area contributed by atoms with Crippen molar-refractivity contribution in [3.63, 3.8) is 0 Å². The molecule has 0 saturated carbocycles. The molecule has 0 spiro atoms. The molecule has 1 aliphatic heterocycles. The van der Waals surface area contributed by atoms with E-state index in [9.17, 15) is 13.5 Å². The smallest absolute Gasteiger partial charge is 0.247 e. The van der Waals surface area contributed by atoms with Gasteiger partial charge in [0.15, 0.2) is 0 Å². The van der Waals surface area contributed by atoms with Gasteiger partial charge in [-0.05, 0) is 31.2 Å². The highest BCUT2D eigenvalue weighted by Gasteiger charge is 2.29. The summed E-state index contributed by atoms with van der Waals surface area (Å²) in [4.78, 5) is 3.97. The highest BCUT2D eigenvalue weighted by Crippen LogP contribution is 2.33. The highest BCUT2D eigenvalue weighted by atomic mass is 35.5. The van der Waals surface area contributed by atoms with Gasteiger partial charge in [0.05, 0.1) is 0 Å². The summed E-state index contributed by atoms with van der Waals surface area (Å²) in [5, 5.41) is 14.5. The van der Waals surface area contributed by atoms with Crippen molar-refractivity contribution < 1.29 is 24.5 Å². The van der Waals surface area contributed by atoms with Crippen LogP contribution in [0, 0.1) is 0 Å². The lowest BCUT2D eigenvalue weighted by Crippen LogP contribution is -2.34. The van der Waals surface area contributed by atoms with Gasteiger partial charge in [-0.15, -0.1) is 12.4 Å². The molecule has 6 N–H and O–H groups in total. The highest BCUT2D eigenvalue weighted by molar-refractivity contribution is 7.89. The summed E-state index contributed by atoms with van der Waals surface area (Å²) in [5.41, 5.74) is 0. The number of hydrogen-bond donors (Lipinski definition) is 2. The van der Waals surface area contributed by atoms with E-state index in [0.29, 0.717) is 30.4 Å². The molecule has 0 aliphatic carbocycles. The maximum atomic E-state index is 12.9. The average molecular weight is 380 g/mol. The first-order valence-corrected chi connectivity index (χ1v) is 8.31. The van der Waals surface area contributed by atoms with Crippen LogP contribution in [0.1, 0.15) is 6.42 Å². The van der Waals surface area contributed by atoms with E-state index in [4.69, 9.17) is 0 Å². The number of benzene rings is 1. The predicted octanol–water partition coefficient (Wildman–Crippen LogP) is -0.303. The number of phenolic OH excluding ortho intramolecular Hbond substituents is 1. The number of hydrogen-bond acceptors (Lipinski definition) is 5. The summed E-state index contributed by atoms with van der Waals surface area (Å²) in [5.74, 6) is -0.217. The fourth-order valence-corrected chi connectivity index (χ4v) is 4.35. The van der Waals surface area contributed by atoms with Crippen LogP contribution < -0.4 is 5.32 Å². The maximum absolute atomic E-state index is 12.9. The second-order valence-electron chi connectivity index (χ2n) is 5.02. The molecule has 2 heterocycles. The first-order valence-electron chi connectivity index (χ1n) is 6.87. The fraction of sp³-hybridized carbons (Fsp3) is 0.357. The van der Waals surface area contributed by atoms with Gasteiger partial charge in [0, 0.05) is 42.8 Å². The number of fused-ring (bicyclic) bond motifs is 1. The Kier molecular flexibility index (Phi) is 8.55. The molecule has 0 atom stereocenters. The first kappa shape index (κ1) is 22.5. The van der Waals surface area contributed by atoms with Crippen molar-refractivity contribution in [2.45, 2.75) is 11.3 Å². The van der Waals surface area contributed by atoms with Gasteiger partial charge in [0.25, 0.3) is 0 Å². The van der Waals surface area contributed by atoms with E-state index < -0.39 is 10.0 Å². The number of phenols is 1. The summed E-state index contributed by atoms with van der Waals surface area (Å²) in [6, 6.07) is 4.70. The summed E-state index contributed by atoms with van der Waals surface area (Å²) < 4.78 is 27.2. The molecule has 0 bridgehead atoms. The Bertz CT molecular complexity index is 764. The van der Waals surface area contributed by atoms with Crippen molar-refractivity contribution in [2.75, 3.05) is 26.2 Å². The van der Waals surface area contributed by atoms with Gasteiger partial charge in [-0.1, -0.05) is 0 Å². The molecule has 24 heavy (non-hydrogen) atoms. The largest absolute Gasteiger partial charge is 0.507 e. The zero-order valence-electron chi connectivity index (χ0n) is 12.9. The molecule has 3 rings (SSSR count). The van der Waals surface area contributed by atoms with Crippen molar-refractivity contribution in [2.24, 2.45) is 0 Å². The van der Waals surface area contributed by atoms with E-state index in [2.05, 4.69) is 10.3 Å². The molecule has 1 aliphatic rings. The minimum atomic E-state index is -3.73. The van der Waals surface area contributed by atoms with Gasteiger partial charge in [-0.2, -0.15) is 4.31 Å². The third-order valence-electron chi connectivity index (χ3n) is 3.65. The second-order valence-corrected chi connectivity index (χ2v) is 6.89. The van der Waals surface area contributed by atoms with E-state index in [0.717, 1.165) is 13.0 Å². The Morgan fingerprint density at radius 2 is 1.88 bits per heavy atom. The molecule has 8 nitrogen and oxygen atoms in total. The molecule has 0 unspecified atom stereocenters. The Hall–Kier alpha value is -1.49. The Morgan fingerprint density at radius 3 is 2.62 bits per heavy atom. The molecule has 1 aromatic carbocycles. The number of aromatic hydroxyl groups is 1. The minimum Gasteiger partial charge on any atom is -0.507 e. The molecule has 2 aromatic rings. The number of nitrogens with one attached hydrogen (secondary N) is 1. The van der Waals surface area contributed by atoms with E-state index in [1.165, 1.54) is 16.6 Å². The predicted molar refractivity (Wildman–Crippen MR) is 94.1 cm³/mol. The number of pyridine rings is 1. The molecule has 0 amide bonds. The third-order valence-corrected chi connectivity index (χ3v) is 5.64. The summed E-state index contributed by atoms with van der Waals surface area (Å²) in [6.07, 6.45) is 3.88. The van der Waals surface area contributed by atoms with Gasteiger partial charge in [-0.25, -0.2) is 8.42 Å². The number of rotatable bonds is 2. The van der Waals surface area contributed by atoms with Crippen LogP contribution in [0.15, 0.2) is 35.5 Å². The SMILES string of the molecule is Cl.O.O.O=S(=O)(c1c(O)ccc2cnccc12)N1CCCNCC1. The van der Waals surface area contributed by atoms with Crippen LogP contribution in [-0.4, -0.2) is 59.9 Å². The number of sulfonamides is 1. The monoisotopic (exact) mass is 379 g/mol. The van der Waals surface area contributed by atoms with Gasteiger partial charge in [0.1, 0.15) is 10.6 Å². The van der Waals surface area contributed by atoms with Crippen LogP contribution in [0.2, 0.25) is 0 Å². The summed E-state index contributed by atoms with van der Waals surface area (Å²) >= 11 is 0. The number of nitrogens with zero attached hydrogens (tertiary/aromatic N) is 2. The van der Waals surface area contributed by atoms with Crippen molar-refractivity contribution >= 4 is 33.2 Å². The van der Waals surface area contributed by atoms with Gasteiger partial charge in [-0.3, -0.25) is 4.98 Å². The van der Waals surface area contributed by atoms with Crippen LogP contribution in [0.3, 0.4) is 0 Å². The van der Waals surface area contributed by atoms with Crippen molar-refractivity contribution in [1.29, 1.82) is 0 Å². The number of halogens is 1. The van der Waals surface area contributed by atoms with Crippen LogP contribution in [0.25, 0.3) is 10.8 Å². The van der Waals surface area contributed by atoms with Crippen molar-refractivity contribution in [3.05, 3.63) is 30.6 Å². The maximum Gasteiger partial charge on any atom is 0.247 e. The van der Waals surface area contributed by atoms with Gasteiger partial charge < -0.3 is 21.4 Å². The Balaban J connectivity index is 0.00000176. The summed E-state index contributed by atoms with van der Waals surface area (Å²) in [7, 11) is -3.73. The lowest BCUT2D eigenvalue weighted by Gasteiger charge is -2.21. The van der Waals surface area contributed by atoms with E-state index >= 15 is 0 Å². The Labute approximate surface area is 146 Å². The average Bonchev–Trinajstić information content (AvgIpc) is 2.76. The second kappa shape index (κ2) is 9.11. The van der Waals surface area contributed by atoms with E-state index in [1.807, 2.05) is 0 Å². The van der Waals surface area contributed by atoms with E-state index in [1.54, 1.807) is 18.3 Å². The molecule has 1 aromatic heterocycles. The Morgan fingerprint density at radius 1 is 1.12 bits per heavy atom. The van der Waals surface area contributed by atoms with Crippen LogP contribution in [0.4, 0.5) is 0 Å².